The van der Waals surface area contributed by atoms with Gasteiger partial charge in [-0.15, -0.1) is 0 Å². The number of aryl methyl sites for hydroxylation is 2. The van der Waals surface area contributed by atoms with Crippen molar-refractivity contribution in [2.75, 3.05) is 5.32 Å². The molecular formula is C14H16N4O. The molecule has 0 saturated carbocycles. The van der Waals surface area contributed by atoms with E-state index in [4.69, 9.17) is 0 Å². The van der Waals surface area contributed by atoms with E-state index in [2.05, 4.69) is 20.7 Å². The lowest BCUT2D eigenvalue weighted by molar-refractivity contribution is -0.120. The molecule has 3 rings (SSSR count). The van der Waals surface area contributed by atoms with Crippen LogP contribution in [-0.2, 0) is 17.6 Å². The van der Waals surface area contributed by atoms with Crippen molar-refractivity contribution in [3.63, 3.8) is 0 Å². The van der Waals surface area contributed by atoms with E-state index in [1.165, 1.54) is 0 Å². The maximum atomic E-state index is 12.2. The molecule has 5 nitrogen and oxygen atoms in total. The second kappa shape index (κ2) is 4.84. The quantitative estimate of drug-likeness (QED) is 0.861. The van der Waals surface area contributed by atoms with E-state index < -0.39 is 0 Å². The minimum absolute atomic E-state index is 0.0156. The fourth-order valence-corrected chi connectivity index (χ4v) is 2.48. The number of carbonyl (C=O) groups excluding carboxylic acids is 1. The molecule has 19 heavy (non-hydrogen) atoms. The average Bonchev–Trinajstić information content (AvgIpc) is 2.85. The highest BCUT2D eigenvalue weighted by Gasteiger charge is 2.27. The number of rotatable bonds is 2. The van der Waals surface area contributed by atoms with Crippen LogP contribution >= 0.6 is 0 Å². The van der Waals surface area contributed by atoms with E-state index in [-0.39, 0.29) is 11.8 Å². The molecular weight excluding hydrogens is 240 g/mol. The van der Waals surface area contributed by atoms with Gasteiger partial charge in [-0.25, -0.2) is 0 Å². The predicted octanol–water partition coefficient (Wildman–Crippen LogP) is 1.86. The summed E-state index contributed by atoms with van der Waals surface area (Å²) >= 11 is 0. The number of hydrogen-bond acceptors (Lipinski definition) is 3. The molecule has 1 aliphatic rings. The first kappa shape index (κ1) is 11.9. The van der Waals surface area contributed by atoms with Crippen LogP contribution in [0, 0.1) is 12.8 Å². The molecule has 98 valence electrons. The number of H-pyrrole nitrogens is 1. The van der Waals surface area contributed by atoms with E-state index in [0.29, 0.717) is 6.42 Å². The molecule has 1 aliphatic carbocycles. The van der Waals surface area contributed by atoms with Crippen LogP contribution in [0.1, 0.15) is 23.4 Å². The van der Waals surface area contributed by atoms with Crippen LogP contribution in [0.25, 0.3) is 0 Å². The zero-order valence-electron chi connectivity index (χ0n) is 10.8. The van der Waals surface area contributed by atoms with Gasteiger partial charge in [0.25, 0.3) is 0 Å². The Morgan fingerprint density at radius 1 is 1.37 bits per heavy atom. The van der Waals surface area contributed by atoms with Gasteiger partial charge in [0, 0.05) is 18.0 Å². The topological polar surface area (TPSA) is 70.7 Å². The number of nitrogens with one attached hydrogen (secondary N) is 2. The SMILES string of the molecule is Cc1cccc(NC(=O)C2CCc3n[nH]nc3C2)c1. The van der Waals surface area contributed by atoms with Crippen molar-refractivity contribution < 1.29 is 4.79 Å². The largest absolute Gasteiger partial charge is 0.326 e. The maximum Gasteiger partial charge on any atom is 0.227 e. The van der Waals surface area contributed by atoms with E-state index in [0.717, 1.165) is 35.5 Å². The van der Waals surface area contributed by atoms with Crippen molar-refractivity contribution >= 4 is 11.6 Å². The number of anilines is 1. The molecule has 0 saturated heterocycles. The van der Waals surface area contributed by atoms with Gasteiger partial charge >= 0.3 is 0 Å². The monoisotopic (exact) mass is 256 g/mol. The Labute approximate surface area is 111 Å². The van der Waals surface area contributed by atoms with Crippen LogP contribution in [0.5, 0.6) is 0 Å². The number of benzene rings is 1. The number of hydrogen-bond donors (Lipinski definition) is 2. The predicted molar refractivity (Wildman–Crippen MR) is 71.7 cm³/mol. The van der Waals surface area contributed by atoms with Crippen molar-refractivity contribution in [2.45, 2.75) is 26.2 Å². The molecule has 5 heteroatoms. The summed E-state index contributed by atoms with van der Waals surface area (Å²) in [7, 11) is 0. The van der Waals surface area contributed by atoms with Crippen LogP contribution in [0.3, 0.4) is 0 Å². The first-order valence-corrected chi connectivity index (χ1v) is 6.48. The second-order valence-corrected chi connectivity index (χ2v) is 5.02. The van der Waals surface area contributed by atoms with E-state index in [1.807, 2.05) is 31.2 Å². The number of aromatic amines is 1. The van der Waals surface area contributed by atoms with Gasteiger partial charge in [0.05, 0.1) is 11.4 Å². The summed E-state index contributed by atoms with van der Waals surface area (Å²) in [5.41, 5.74) is 3.92. The second-order valence-electron chi connectivity index (χ2n) is 5.02. The molecule has 2 N–H and O–H groups in total. The summed E-state index contributed by atoms with van der Waals surface area (Å²) in [4.78, 5) is 12.2. The molecule has 0 spiro atoms. The summed E-state index contributed by atoms with van der Waals surface area (Å²) in [5, 5.41) is 13.8. The smallest absolute Gasteiger partial charge is 0.227 e. The van der Waals surface area contributed by atoms with Crippen LogP contribution in [0.15, 0.2) is 24.3 Å². The Morgan fingerprint density at radius 3 is 3.05 bits per heavy atom. The number of aromatic nitrogens is 3. The maximum absolute atomic E-state index is 12.2. The van der Waals surface area contributed by atoms with Crippen LogP contribution in [0.2, 0.25) is 0 Å². The normalized spacial score (nSPS) is 17.8. The number of nitrogens with zero attached hydrogens (tertiary/aromatic N) is 2. The Morgan fingerprint density at radius 2 is 2.21 bits per heavy atom. The summed E-state index contributed by atoms with van der Waals surface area (Å²) < 4.78 is 0. The molecule has 1 aromatic heterocycles. The van der Waals surface area contributed by atoms with Gasteiger partial charge in [-0.1, -0.05) is 12.1 Å². The average molecular weight is 256 g/mol. The zero-order chi connectivity index (χ0) is 13.2. The lowest BCUT2D eigenvalue weighted by Crippen LogP contribution is -2.28. The highest BCUT2D eigenvalue weighted by Crippen LogP contribution is 2.23. The highest BCUT2D eigenvalue weighted by atomic mass is 16.1. The van der Waals surface area contributed by atoms with Gasteiger partial charge in [-0.05, 0) is 37.5 Å². The van der Waals surface area contributed by atoms with E-state index in [1.54, 1.807) is 0 Å². The molecule has 0 bridgehead atoms. The minimum Gasteiger partial charge on any atom is -0.326 e. The Bertz CT molecular complexity index is 605. The molecule has 1 heterocycles. The minimum atomic E-state index is -0.0156. The fraction of sp³-hybridized carbons (Fsp3) is 0.357. The molecule has 1 atom stereocenters. The van der Waals surface area contributed by atoms with Gasteiger partial charge in [0.15, 0.2) is 0 Å². The molecule has 0 aliphatic heterocycles. The number of fused-ring (bicyclic) bond motifs is 1. The Kier molecular flexibility index (Phi) is 3.03. The van der Waals surface area contributed by atoms with Gasteiger partial charge in [0.1, 0.15) is 0 Å². The fourth-order valence-electron chi connectivity index (χ4n) is 2.48. The van der Waals surface area contributed by atoms with Crippen molar-refractivity contribution in [3.05, 3.63) is 41.2 Å². The lowest BCUT2D eigenvalue weighted by Gasteiger charge is -2.19. The third-order valence-corrected chi connectivity index (χ3v) is 3.53. The number of carbonyl (C=O) groups is 1. The summed E-state index contributed by atoms with van der Waals surface area (Å²) in [5.74, 6) is 0.0531. The molecule has 0 radical (unpaired) electrons. The highest BCUT2D eigenvalue weighted by molar-refractivity contribution is 5.92. The molecule has 1 unspecified atom stereocenters. The third-order valence-electron chi connectivity index (χ3n) is 3.53. The van der Waals surface area contributed by atoms with Crippen LogP contribution < -0.4 is 5.32 Å². The van der Waals surface area contributed by atoms with Gasteiger partial charge < -0.3 is 5.32 Å². The van der Waals surface area contributed by atoms with Crippen molar-refractivity contribution in [3.8, 4) is 0 Å². The Balaban J connectivity index is 1.69. The molecule has 2 aromatic rings. The van der Waals surface area contributed by atoms with E-state index >= 15 is 0 Å². The zero-order valence-corrected chi connectivity index (χ0v) is 10.8. The third kappa shape index (κ3) is 2.50. The first-order chi connectivity index (χ1) is 9.22. The summed E-state index contributed by atoms with van der Waals surface area (Å²) in [6, 6.07) is 7.84. The summed E-state index contributed by atoms with van der Waals surface area (Å²) in [6.07, 6.45) is 2.32. The van der Waals surface area contributed by atoms with Crippen molar-refractivity contribution in [1.29, 1.82) is 0 Å². The van der Waals surface area contributed by atoms with Gasteiger partial charge in [0.2, 0.25) is 5.91 Å². The van der Waals surface area contributed by atoms with Crippen molar-refractivity contribution in [2.24, 2.45) is 5.92 Å². The standard InChI is InChI=1S/C14H16N4O/c1-9-3-2-4-11(7-9)15-14(19)10-5-6-12-13(8-10)17-18-16-12/h2-4,7,10H,5-6,8H2,1H3,(H,15,19)(H,16,17,18). The van der Waals surface area contributed by atoms with Crippen LogP contribution in [-0.4, -0.2) is 21.3 Å². The molecule has 1 amide bonds. The number of amides is 1. The van der Waals surface area contributed by atoms with Crippen molar-refractivity contribution in [1.82, 2.24) is 15.4 Å². The van der Waals surface area contributed by atoms with E-state index in [9.17, 15) is 4.79 Å². The summed E-state index contributed by atoms with van der Waals surface area (Å²) in [6.45, 7) is 2.01. The Hall–Kier alpha value is -2.17. The lowest BCUT2D eigenvalue weighted by atomic mass is 9.89. The first-order valence-electron chi connectivity index (χ1n) is 6.48. The van der Waals surface area contributed by atoms with Crippen LogP contribution in [0.4, 0.5) is 5.69 Å². The van der Waals surface area contributed by atoms with Gasteiger partial charge in [-0.2, -0.15) is 15.4 Å². The molecule has 1 aromatic carbocycles. The molecule has 0 fully saturated rings. The van der Waals surface area contributed by atoms with Gasteiger partial charge in [-0.3, -0.25) is 4.79 Å².